The number of nitrogens with zero attached hydrogens (tertiary/aromatic N) is 4. The lowest BCUT2D eigenvalue weighted by Crippen LogP contribution is -2.40. The van der Waals surface area contributed by atoms with E-state index in [1.807, 2.05) is 0 Å². The number of rotatable bonds is 5. The number of carbonyl (C=O) groups is 1. The van der Waals surface area contributed by atoms with Crippen molar-refractivity contribution < 1.29 is 31.1 Å². The standard InChI is InChI=1S/C19H20F6N4O/c20-12-1-2-18(22,9-13(12)21)6-5-17(3-4-17)10-15(30)28-7-8-29-14(11-28)26-27-16(29)19(23,24)25/h1,9H,2-8,10-11H2. The van der Waals surface area contributed by atoms with Gasteiger partial charge in [0.2, 0.25) is 11.7 Å². The van der Waals surface area contributed by atoms with Crippen molar-refractivity contribution in [3.05, 3.63) is 35.5 Å². The smallest absolute Gasteiger partial charge is 0.333 e. The van der Waals surface area contributed by atoms with E-state index >= 15 is 0 Å². The Morgan fingerprint density at radius 3 is 2.47 bits per heavy atom. The van der Waals surface area contributed by atoms with E-state index < -0.39 is 34.7 Å². The van der Waals surface area contributed by atoms with Gasteiger partial charge < -0.3 is 9.47 Å². The number of fused-ring (bicyclic) bond motifs is 1. The molecule has 0 bridgehead atoms. The zero-order valence-corrected chi connectivity index (χ0v) is 16.0. The highest BCUT2D eigenvalue weighted by Gasteiger charge is 2.47. The highest BCUT2D eigenvalue weighted by molar-refractivity contribution is 5.77. The summed E-state index contributed by atoms with van der Waals surface area (Å²) < 4.78 is 81.0. The molecule has 0 N–H and O–H groups in total. The number of hydrogen-bond acceptors (Lipinski definition) is 3. The maximum Gasteiger partial charge on any atom is 0.451 e. The molecule has 2 heterocycles. The van der Waals surface area contributed by atoms with Gasteiger partial charge in [-0.2, -0.15) is 13.2 Å². The zero-order valence-electron chi connectivity index (χ0n) is 16.0. The van der Waals surface area contributed by atoms with Gasteiger partial charge in [-0.1, -0.05) is 0 Å². The predicted molar refractivity (Wildman–Crippen MR) is 92.8 cm³/mol. The van der Waals surface area contributed by atoms with Crippen molar-refractivity contribution in [2.75, 3.05) is 6.54 Å². The first-order valence-corrected chi connectivity index (χ1v) is 9.71. The summed E-state index contributed by atoms with van der Waals surface area (Å²) in [6, 6.07) is 0. The van der Waals surface area contributed by atoms with E-state index in [4.69, 9.17) is 0 Å². The quantitative estimate of drug-likeness (QED) is 0.646. The molecule has 164 valence electrons. The van der Waals surface area contributed by atoms with Crippen LogP contribution in [0.5, 0.6) is 0 Å². The van der Waals surface area contributed by atoms with Crippen LogP contribution in [0.2, 0.25) is 0 Å². The molecular formula is C19H20F6N4O. The van der Waals surface area contributed by atoms with Crippen molar-refractivity contribution in [2.45, 2.75) is 63.5 Å². The fraction of sp³-hybridized carbons (Fsp3) is 0.632. The monoisotopic (exact) mass is 434 g/mol. The van der Waals surface area contributed by atoms with Gasteiger partial charge in [0.1, 0.15) is 5.67 Å². The lowest BCUT2D eigenvalue weighted by Gasteiger charge is -2.30. The number of hydrogen-bond donors (Lipinski definition) is 0. The summed E-state index contributed by atoms with van der Waals surface area (Å²) >= 11 is 0. The Labute approximate surface area is 168 Å². The summed E-state index contributed by atoms with van der Waals surface area (Å²) in [7, 11) is 0. The second-order valence-corrected chi connectivity index (χ2v) is 8.36. The van der Waals surface area contributed by atoms with Gasteiger partial charge in [-0.05, 0) is 43.3 Å². The van der Waals surface area contributed by atoms with Crippen molar-refractivity contribution in [3.8, 4) is 0 Å². The number of allylic oxidation sites excluding steroid dienone is 4. The van der Waals surface area contributed by atoms with E-state index in [-0.39, 0.29) is 50.6 Å². The summed E-state index contributed by atoms with van der Waals surface area (Å²) in [5.74, 6) is -3.51. The van der Waals surface area contributed by atoms with Gasteiger partial charge in [-0.3, -0.25) is 4.79 Å². The van der Waals surface area contributed by atoms with Crippen LogP contribution in [0.1, 0.15) is 50.2 Å². The van der Waals surface area contributed by atoms with Crippen LogP contribution in [-0.2, 0) is 24.1 Å². The Balaban J connectivity index is 1.35. The molecule has 1 atom stereocenters. The van der Waals surface area contributed by atoms with E-state index in [2.05, 4.69) is 10.2 Å². The third kappa shape index (κ3) is 4.11. The number of carbonyl (C=O) groups excluding carboxylic acids is 1. The number of halogens is 6. The Morgan fingerprint density at radius 2 is 1.83 bits per heavy atom. The third-order valence-corrected chi connectivity index (χ3v) is 6.15. The molecule has 11 heteroatoms. The minimum Gasteiger partial charge on any atom is -0.333 e. The predicted octanol–water partition coefficient (Wildman–Crippen LogP) is 4.41. The first kappa shape index (κ1) is 20.9. The molecule has 1 fully saturated rings. The Kier molecular flexibility index (Phi) is 4.97. The maximum atomic E-state index is 14.8. The molecule has 0 spiro atoms. The molecule has 0 aromatic carbocycles. The number of aromatic nitrogens is 3. The topological polar surface area (TPSA) is 51.0 Å². The average molecular weight is 434 g/mol. The summed E-state index contributed by atoms with van der Waals surface area (Å²) in [6.45, 7) is -0.0113. The van der Waals surface area contributed by atoms with Crippen molar-refractivity contribution in [2.24, 2.45) is 5.41 Å². The van der Waals surface area contributed by atoms with Crippen LogP contribution >= 0.6 is 0 Å². The normalized spacial score (nSPS) is 25.5. The molecule has 1 aromatic rings. The van der Waals surface area contributed by atoms with E-state index in [0.717, 1.165) is 10.6 Å². The van der Waals surface area contributed by atoms with Crippen molar-refractivity contribution in [3.63, 3.8) is 0 Å². The van der Waals surface area contributed by atoms with Gasteiger partial charge in [0.15, 0.2) is 17.5 Å². The van der Waals surface area contributed by atoms with Gasteiger partial charge in [-0.25, -0.2) is 13.2 Å². The molecular weight excluding hydrogens is 414 g/mol. The van der Waals surface area contributed by atoms with Crippen molar-refractivity contribution in [1.82, 2.24) is 19.7 Å². The summed E-state index contributed by atoms with van der Waals surface area (Å²) in [6.07, 6.45) is -1.42. The molecule has 1 amide bonds. The summed E-state index contributed by atoms with van der Waals surface area (Å²) in [5.41, 5.74) is -2.38. The second-order valence-electron chi connectivity index (χ2n) is 8.36. The van der Waals surface area contributed by atoms with E-state index in [0.29, 0.717) is 25.3 Å². The van der Waals surface area contributed by atoms with Crippen LogP contribution < -0.4 is 0 Å². The molecule has 1 saturated carbocycles. The van der Waals surface area contributed by atoms with E-state index in [9.17, 15) is 31.1 Å². The molecule has 1 aliphatic heterocycles. The molecule has 0 radical (unpaired) electrons. The second kappa shape index (κ2) is 7.12. The van der Waals surface area contributed by atoms with E-state index in [1.165, 1.54) is 4.90 Å². The van der Waals surface area contributed by atoms with Crippen LogP contribution in [-0.4, -0.2) is 37.8 Å². The highest BCUT2D eigenvalue weighted by atomic mass is 19.4. The van der Waals surface area contributed by atoms with Crippen molar-refractivity contribution >= 4 is 5.91 Å². The Bertz CT molecular complexity index is 917. The van der Waals surface area contributed by atoms with Crippen LogP contribution in [0.3, 0.4) is 0 Å². The minimum absolute atomic E-state index is 0.0270. The number of amides is 1. The largest absolute Gasteiger partial charge is 0.451 e. The third-order valence-electron chi connectivity index (χ3n) is 6.15. The average Bonchev–Trinajstić information content (AvgIpc) is 3.29. The fourth-order valence-electron chi connectivity index (χ4n) is 4.06. The summed E-state index contributed by atoms with van der Waals surface area (Å²) in [4.78, 5) is 14.2. The molecule has 30 heavy (non-hydrogen) atoms. The van der Waals surface area contributed by atoms with Crippen LogP contribution in [0.15, 0.2) is 23.8 Å². The van der Waals surface area contributed by atoms with Gasteiger partial charge in [0.25, 0.3) is 0 Å². The molecule has 5 nitrogen and oxygen atoms in total. The maximum absolute atomic E-state index is 14.8. The fourth-order valence-corrected chi connectivity index (χ4v) is 4.06. The Hall–Kier alpha value is -2.33. The van der Waals surface area contributed by atoms with Crippen LogP contribution in [0.25, 0.3) is 0 Å². The first-order chi connectivity index (χ1) is 14.0. The van der Waals surface area contributed by atoms with Gasteiger partial charge in [-0.15, -0.1) is 10.2 Å². The van der Waals surface area contributed by atoms with Crippen molar-refractivity contribution in [1.29, 1.82) is 0 Å². The lowest BCUT2D eigenvalue weighted by atomic mass is 9.85. The van der Waals surface area contributed by atoms with E-state index in [1.54, 1.807) is 0 Å². The van der Waals surface area contributed by atoms with Crippen LogP contribution in [0, 0.1) is 5.41 Å². The minimum atomic E-state index is -4.61. The molecule has 0 saturated heterocycles. The first-order valence-electron chi connectivity index (χ1n) is 9.71. The highest BCUT2D eigenvalue weighted by Crippen LogP contribution is 2.54. The lowest BCUT2D eigenvalue weighted by molar-refractivity contribution is -0.148. The van der Waals surface area contributed by atoms with Gasteiger partial charge >= 0.3 is 6.18 Å². The summed E-state index contributed by atoms with van der Waals surface area (Å²) in [5, 5.41) is 6.75. The molecule has 2 aliphatic carbocycles. The zero-order chi connectivity index (χ0) is 21.7. The molecule has 4 rings (SSSR count). The van der Waals surface area contributed by atoms with Gasteiger partial charge in [0, 0.05) is 25.9 Å². The Morgan fingerprint density at radius 1 is 1.10 bits per heavy atom. The SMILES string of the molecule is O=C(CC1(CCC2(F)C=C(F)C(F)=CC2)CC1)N1CCn2c(nnc2C(F)(F)F)C1. The number of alkyl halides is 4. The molecule has 1 unspecified atom stereocenters. The van der Waals surface area contributed by atoms with Crippen LogP contribution in [0.4, 0.5) is 26.3 Å². The molecule has 1 aromatic heterocycles. The molecule has 3 aliphatic rings. The van der Waals surface area contributed by atoms with Gasteiger partial charge in [0.05, 0.1) is 6.54 Å².